The Hall–Kier alpha value is -1.28. The number of methoxy groups -OCH3 is 1. The Morgan fingerprint density at radius 2 is 2.23 bits per heavy atom. The third-order valence-corrected chi connectivity index (χ3v) is 1.92. The molecule has 0 radical (unpaired) electrons. The lowest BCUT2D eigenvalue weighted by atomic mass is 10.1. The second kappa shape index (κ2) is 4.67. The van der Waals surface area contributed by atoms with E-state index in [1.807, 2.05) is 30.4 Å². The van der Waals surface area contributed by atoms with Crippen molar-refractivity contribution in [2.45, 2.75) is 6.92 Å². The van der Waals surface area contributed by atoms with Crippen LogP contribution in [-0.4, -0.2) is 13.7 Å². The van der Waals surface area contributed by atoms with Gasteiger partial charge in [0.1, 0.15) is 5.75 Å². The molecule has 0 atom stereocenters. The molecule has 0 amide bonds. The second-order valence-electron chi connectivity index (χ2n) is 2.86. The van der Waals surface area contributed by atoms with Gasteiger partial charge in [0.25, 0.3) is 0 Å². The molecule has 70 valence electrons. The first-order chi connectivity index (χ1) is 6.27. The molecule has 2 N–H and O–H groups in total. The molecule has 0 aromatic heterocycles. The smallest absolute Gasteiger partial charge is 0.119 e. The van der Waals surface area contributed by atoms with Crippen molar-refractivity contribution in [3.05, 3.63) is 35.4 Å². The summed E-state index contributed by atoms with van der Waals surface area (Å²) >= 11 is 0. The monoisotopic (exact) mass is 177 g/mol. The molecule has 0 saturated heterocycles. The van der Waals surface area contributed by atoms with Gasteiger partial charge in [0.2, 0.25) is 0 Å². The van der Waals surface area contributed by atoms with Crippen LogP contribution in [0.15, 0.2) is 24.3 Å². The molecular weight excluding hydrogens is 162 g/mol. The highest BCUT2D eigenvalue weighted by molar-refractivity contribution is 5.56. The second-order valence-corrected chi connectivity index (χ2v) is 2.86. The molecule has 0 heterocycles. The van der Waals surface area contributed by atoms with E-state index in [0.717, 1.165) is 11.3 Å². The zero-order chi connectivity index (χ0) is 9.68. The molecule has 0 aliphatic carbocycles. The Balaban J connectivity index is 2.97. The topological polar surface area (TPSA) is 35.2 Å². The summed E-state index contributed by atoms with van der Waals surface area (Å²) in [6.45, 7) is 2.63. The fourth-order valence-electron chi connectivity index (χ4n) is 1.12. The van der Waals surface area contributed by atoms with Gasteiger partial charge in [-0.1, -0.05) is 18.2 Å². The number of benzene rings is 1. The maximum atomic E-state index is 5.38. The van der Waals surface area contributed by atoms with Gasteiger partial charge in [0, 0.05) is 6.54 Å². The Kier molecular flexibility index (Phi) is 3.53. The van der Waals surface area contributed by atoms with E-state index in [-0.39, 0.29) is 0 Å². The van der Waals surface area contributed by atoms with E-state index in [1.165, 1.54) is 5.56 Å². The third kappa shape index (κ3) is 2.60. The van der Waals surface area contributed by atoms with Gasteiger partial charge in [0.05, 0.1) is 7.11 Å². The standard InChI is InChI=1S/C11H15NO/c1-9-5-6-11(13-2)8-10(9)4-3-7-12/h3-6,8H,7,12H2,1-2H3/b4-3+. The van der Waals surface area contributed by atoms with Gasteiger partial charge in [-0.15, -0.1) is 0 Å². The van der Waals surface area contributed by atoms with Crippen LogP contribution >= 0.6 is 0 Å². The number of aryl methyl sites for hydroxylation is 1. The first kappa shape index (κ1) is 9.81. The first-order valence-electron chi connectivity index (χ1n) is 4.29. The third-order valence-electron chi connectivity index (χ3n) is 1.92. The lowest BCUT2D eigenvalue weighted by Gasteiger charge is -2.03. The van der Waals surface area contributed by atoms with Crippen LogP contribution in [-0.2, 0) is 0 Å². The lowest BCUT2D eigenvalue weighted by molar-refractivity contribution is 0.414. The van der Waals surface area contributed by atoms with Gasteiger partial charge in [-0.2, -0.15) is 0 Å². The Labute approximate surface area is 79.0 Å². The van der Waals surface area contributed by atoms with Crippen LogP contribution < -0.4 is 10.5 Å². The molecule has 1 aromatic rings. The average Bonchev–Trinajstić information content (AvgIpc) is 2.17. The van der Waals surface area contributed by atoms with Crippen molar-refractivity contribution in [1.29, 1.82) is 0 Å². The summed E-state index contributed by atoms with van der Waals surface area (Å²) < 4.78 is 5.12. The van der Waals surface area contributed by atoms with Crippen LogP contribution in [0, 0.1) is 6.92 Å². The highest BCUT2D eigenvalue weighted by atomic mass is 16.5. The highest BCUT2D eigenvalue weighted by Gasteiger charge is 1.96. The fraction of sp³-hybridized carbons (Fsp3) is 0.273. The fourth-order valence-corrected chi connectivity index (χ4v) is 1.12. The van der Waals surface area contributed by atoms with Gasteiger partial charge in [-0.05, 0) is 30.2 Å². The van der Waals surface area contributed by atoms with E-state index < -0.39 is 0 Å². The maximum absolute atomic E-state index is 5.38. The number of hydrogen-bond acceptors (Lipinski definition) is 2. The van der Waals surface area contributed by atoms with Crippen molar-refractivity contribution in [1.82, 2.24) is 0 Å². The number of nitrogens with two attached hydrogens (primary N) is 1. The van der Waals surface area contributed by atoms with E-state index in [9.17, 15) is 0 Å². The predicted molar refractivity (Wildman–Crippen MR) is 55.8 cm³/mol. The highest BCUT2D eigenvalue weighted by Crippen LogP contribution is 2.17. The number of rotatable bonds is 3. The van der Waals surface area contributed by atoms with Crippen molar-refractivity contribution < 1.29 is 4.74 Å². The van der Waals surface area contributed by atoms with Gasteiger partial charge in [-0.25, -0.2) is 0 Å². The van der Waals surface area contributed by atoms with Crippen LogP contribution in [0.25, 0.3) is 6.08 Å². The minimum atomic E-state index is 0.566. The van der Waals surface area contributed by atoms with Crippen molar-refractivity contribution >= 4 is 6.08 Å². The molecule has 1 aromatic carbocycles. The van der Waals surface area contributed by atoms with Crippen LogP contribution in [0.2, 0.25) is 0 Å². The lowest BCUT2D eigenvalue weighted by Crippen LogP contribution is -1.92. The van der Waals surface area contributed by atoms with E-state index in [1.54, 1.807) is 7.11 Å². The molecular formula is C11H15NO. The first-order valence-corrected chi connectivity index (χ1v) is 4.29. The van der Waals surface area contributed by atoms with Gasteiger partial charge in [0.15, 0.2) is 0 Å². The largest absolute Gasteiger partial charge is 0.497 e. The summed E-state index contributed by atoms with van der Waals surface area (Å²) in [5, 5.41) is 0. The molecule has 2 nitrogen and oxygen atoms in total. The molecule has 0 unspecified atom stereocenters. The summed E-state index contributed by atoms with van der Waals surface area (Å²) in [7, 11) is 1.67. The van der Waals surface area contributed by atoms with Gasteiger partial charge >= 0.3 is 0 Å². The molecule has 0 saturated carbocycles. The predicted octanol–water partition coefficient (Wildman–Crippen LogP) is 1.98. The molecule has 0 bridgehead atoms. The normalized spacial score (nSPS) is 10.7. The Morgan fingerprint density at radius 3 is 2.85 bits per heavy atom. The Morgan fingerprint density at radius 1 is 1.46 bits per heavy atom. The van der Waals surface area contributed by atoms with E-state index in [4.69, 9.17) is 10.5 Å². The quantitative estimate of drug-likeness (QED) is 0.766. The van der Waals surface area contributed by atoms with Gasteiger partial charge in [-0.3, -0.25) is 0 Å². The van der Waals surface area contributed by atoms with Crippen molar-refractivity contribution in [2.75, 3.05) is 13.7 Å². The molecule has 1 rings (SSSR count). The van der Waals surface area contributed by atoms with Crippen LogP contribution in [0.3, 0.4) is 0 Å². The average molecular weight is 177 g/mol. The molecule has 0 aliphatic rings. The zero-order valence-corrected chi connectivity index (χ0v) is 8.08. The minimum absolute atomic E-state index is 0.566. The van der Waals surface area contributed by atoms with E-state index in [0.29, 0.717) is 6.54 Å². The van der Waals surface area contributed by atoms with Crippen molar-refractivity contribution in [2.24, 2.45) is 5.73 Å². The van der Waals surface area contributed by atoms with E-state index in [2.05, 4.69) is 6.92 Å². The van der Waals surface area contributed by atoms with Crippen LogP contribution in [0.1, 0.15) is 11.1 Å². The molecule has 2 heteroatoms. The zero-order valence-electron chi connectivity index (χ0n) is 8.08. The van der Waals surface area contributed by atoms with E-state index >= 15 is 0 Å². The Bertz CT molecular complexity index is 305. The SMILES string of the molecule is COc1ccc(C)c(/C=C/CN)c1. The molecule has 0 spiro atoms. The minimum Gasteiger partial charge on any atom is -0.497 e. The summed E-state index contributed by atoms with van der Waals surface area (Å²) in [5.41, 5.74) is 7.76. The summed E-state index contributed by atoms with van der Waals surface area (Å²) in [6, 6.07) is 5.99. The van der Waals surface area contributed by atoms with Crippen molar-refractivity contribution in [3.63, 3.8) is 0 Å². The van der Waals surface area contributed by atoms with Crippen molar-refractivity contribution in [3.8, 4) is 5.75 Å². The van der Waals surface area contributed by atoms with Gasteiger partial charge < -0.3 is 10.5 Å². The van der Waals surface area contributed by atoms with Crippen LogP contribution in [0.5, 0.6) is 5.75 Å². The summed E-state index contributed by atoms with van der Waals surface area (Å²) in [4.78, 5) is 0. The maximum Gasteiger partial charge on any atom is 0.119 e. The number of hydrogen-bond donors (Lipinski definition) is 1. The molecule has 0 aliphatic heterocycles. The summed E-state index contributed by atoms with van der Waals surface area (Å²) in [6.07, 6.45) is 3.94. The summed E-state index contributed by atoms with van der Waals surface area (Å²) in [5.74, 6) is 0.877. The molecule has 0 fully saturated rings. The number of ether oxygens (including phenoxy) is 1. The molecule has 13 heavy (non-hydrogen) atoms. The van der Waals surface area contributed by atoms with Crippen LogP contribution in [0.4, 0.5) is 0 Å².